The third-order valence-electron chi connectivity index (χ3n) is 1.34. The molecule has 0 aliphatic heterocycles. The highest BCUT2D eigenvalue weighted by molar-refractivity contribution is 5.91. The summed E-state index contributed by atoms with van der Waals surface area (Å²) >= 11 is 0. The normalized spacial score (nSPS) is 9.40. The van der Waals surface area contributed by atoms with Gasteiger partial charge in [-0.05, 0) is 13.0 Å². The fourth-order valence-electron chi connectivity index (χ4n) is 0.806. The number of esters is 2. The minimum Gasteiger partial charge on any atom is -0.466 e. The molecule has 0 saturated carbocycles. The Morgan fingerprint density at radius 2 is 1.93 bits per heavy atom. The van der Waals surface area contributed by atoms with Crippen LogP contribution in [0.1, 0.15) is 13.3 Å². The first-order valence-corrected chi connectivity index (χ1v) is 4.35. The Bertz CT molecular complexity index is 339. The molecule has 1 rings (SSSR count). The topological polar surface area (TPSA) is 78.4 Å². The van der Waals surface area contributed by atoms with Gasteiger partial charge in [0.05, 0.1) is 6.61 Å². The van der Waals surface area contributed by atoms with Crippen molar-refractivity contribution < 1.29 is 19.1 Å². The van der Waals surface area contributed by atoms with E-state index in [0.29, 0.717) is 0 Å². The smallest absolute Gasteiger partial charge is 0.324 e. The lowest BCUT2D eigenvalue weighted by molar-refractivity contribution is -0.150. The molecule has 0 atom stereocenters. The van der Waals surface area contributed by atoms with Crippen molar-refractivity contribution in [2.45, 2.75) is 13.3 Å². The van der Waals surface area contributed by atoms with E-state index in [1.165, 1.54) is 12.4 Å². The van der Waals surface area contributed by atoms with Crippen LogP contribution in [0, 0.1) is 0 Å². The summed E-state index contributed by atoms with van der Waals surface area (Å²) in [6.07, 6.45) is 2.42. The average molecular weight is 210 g/mol. The zero-order valence-corrected chi connectivity index (χ0v) is 8.17. The number of hydrogen-bond donors (Lipinski definition) is 0. The first-order valence-electron chi connectivity index (χ1n) is 4.35. The number of nitrogens with zero attached hydrogens (tertiary/aromatic N) is 2. The molecule has 1 aromatic heterocycles. The summed E-state index contributed by atoms with van der Waals surface area (Å²) in [5, 5.41) is 0. The van der Waals surface area contributed by atoms with Crippen LogP contribution in [-0.2, 0) is 14.3 Å². The van der Waals surface area contributed by atoms with E-state index in [1.54, 1.807) is 13.0 Å². The lowest BCUT2D eigenvalue weighted by Crippen LogP contribution is -2.16. The molecule has 0 bridgehead atoms. The van der Waals surface area contributed by atoms with Gasteiger partial charge < -0.3 is 9.47 Å². The van der Waals surface area contributed by atoms with Crippen LogP contribution in [-0.4, -0.2) is 28.5 Å². The van der Waals surface area contributed by atoms with Crippen LogP contribution >= 0.6 is 0 Å². The summed E-state index contributed by atoms with van der Waals surface area (Å²) in [4.78, 5) is 29.3. The average Bonchev–Trinajstić information content (AvgIpc) is 2.19. The molecule has 80 valence electrons. The maximum Gasteiger partial charge on any atom is 0.324 e. The van der Waals surface area contributed by atoms with Gasteiger partial charge in [0.15, 0.2) is 0 Å². The highest BCUT2D eigenvalue weighted by Crippen LogP contribution is 2.00. The number of ether oxygens (including phenoxy) is 2. The minimum atomic E-state index is -0.736. The van der Waals surface area contributed by atoms with E-state index in [2.05, 4.69) is 19.4 Å². The fourth-order valence-corrected chi connectivity index (χ4v) is 0.806. The Morgan fingerprint density at radius 1 is 1.27 bits per heavy atom. The number of carbonyl (C=O) groups is 2. The van der Waals surface area contributed by atoms with E-state index in [1.807, 2.05) is 0 Å². The maximum atomic E-state index is 11.1. The monoisotopic (exact) mass is 210 g/mol. The third-order valence-corrected chi connectivity index (χ3v) is 1.34. The molecule has 1 aromatic rings. The van der Waals surface area contributed by atoms with Crippen molar-refractivity contribution >= 4 is 11.9 Å². The molecule has 0 fully saturated rings. The Morgan fingerprint density at radius 3 is 2.53 bits per heavy atom. The minimum absolute atomic E-state index is 0.0770. The third kappa shape index (κ3) is 4.17. The fraction of sp³-hybridized carbons (Fsp3) is 0.333. The lowest BCUT2D eigenvalue weighted by Gasteiger charge is -2.01. The molecule has 0 radical (unpaired) electrons. The van der Waals surface area contributed by atoms with Crippen molar-refractivity contribution in [1.29, 1.82) is 0 Å². The molecular formula is C9H10N2O4. The first-order chi connectivity index (χ1) is 7.22. The number of carbonyl (C=O) groups excluding carboxylic acids is 2. The molecule has 15 heavy (non-hydrogen) atoms. The van der Waals surface area contributed by atoms with Crippen LogP contribution in [0.3, 0.4) is 0 Å². The van der Waals surface area contributed by atoms with E-state index in [-0.39, 0.29) is 12.6 Å². The molecule has 6 nitrogen and oxygen atoms in total. The molecule has 6 heteroatoms. The van der Waals surface area contributed by atoms with Crippen molar-refractivity contribution in [2.75, 3.05) is 6.61 Å². The second-order valence-corrected chi connectivity index (χ2v) is 2.49. The summed E-state index contributed by atoms with van der Waals surface area (Å²) in [5.74, 6) is -1.36. The molecule has 0 aliphatic rings. The second-order valence-electron chi connectivity index (χ2n) is 2.49. The Labute approximate surface area is 86.2 Å². The van der Waals surface area contributed by atoms with Gasteiger partial charge in [-0.2, -0.15) is 0 Å². The van der Waals surface area contributed by atoms with Gasteiger partial charge in [-0.25, -0.2) is 9.97 Å². The number of rotatable bonds is 4. The summed E-state index contributed by atoms with van der Waals surface area (Å²) in [6, 6.07) is 1.51. The van der Waals surface area contributed by atoms with Crippen molar-refractivity contribution in [3.63, 3.8) is 0 Å². The van der Waals surface area contributed by atoms with Crippen molar-refractivity contribution in [3.8, 4) is 6.01 Å². The van der Waals surface area contributed by atoms with Gasteiger partial charge in [-0.15, -0.1) is 0 Å². The molecule has 0 amide bonds. The van der Waals surface area contributed by atoms with Crippen LogP contribution in [0.4, 0.5) is 0 Å². The number of aromatic nitrogens is 2. The molecule has 0 aliphatic carbocycles. The Hall–Kier alpha value is -1.98. The van der Waals surface area contributed by atoms with Gasteiger partial charge in [0.25, 0.3) is 0 Å². The predicted molar refractivity (Wildman–Crippen MR) is 48.9 cm³/mol. The van der Waals surface area contributed by atoms with Gasteiger partial charge >= 0.3 is 17.9 Å². The Balaban J connectivity index is 2.40. The van der Waals surface area contributed by atoms with Gasteiger partial charge in [0.1, 0.15) is 6.42 Å². The largest absolute Gasteiger partial charge is 0.466 e. The molecule has 0 aromatic carbocycles. The van der Waals surface area contributed by atoms with E-state index in [0.717, 1.165) is 0 Å². The van der Waals surface area contributed by atoms with Crippen LogP contribution in [0.15, 0.2) is 18.5 Å². The van der Waals surface area contributed by atoms with Gasteiger partial charge in [-0.1, -0.05) is 0 Å². The first kappa shape index (κ1) is 11.1. The molecule has 0 spiro atoms. The van der Waals surface area contributed by atoms with E-state index in [9.17, 15) is 9.59 Å². The van der Waals surface area contributed by atoms with E-state index in [4.69, 9.17) is 0 Å². The maximum absolute atomic E-state index is 11.1. The molecule has 0 N–H and O–H groups in total. The van der Waals surface area contributed by atoms with Crippen molar-refractivity contribution in [2.24, 2.45) is 0 Å². The molecular weight excluding hydrogens is 200 g/mol. The van der Waals surface area contributed by atoms with Crippen LogP contribution in [0.2, 0.25) is 0 Å². The summed E-state index contributed by atoms with van der Waals surface area (Å²) in [7, 11) is 0. The summed E-state index contributed by atoms with van der Waals surface area (Å²) in [6.45, 7) is 1.89. The van der Waals surface area contributed by atoms with Crippen molar-refractivity contribution in [3.05, 3.63) is 18.5 Å². The van der Waals surface area contributed by atoms with Gasteiger partial charge in [0, 0.05) is 12.4 Å². The quantitative estimate of drug-likeness (QED) is 0.526. The van der Waals surface area contributed by atoms with E-state index < -0.39 is 18.4 Å². The van der Waals surface area contributed by atoms with Gasteiger partial charge in [0.2, 0.25) is 0 Å². The van der Waals surface area contributed by atoms with Crippen LogP contribution in [0.5, 0.6) is 6.01 Å². The summed E-state index contributed by atoms with van der Waals surface area (Å²) < 4.78 is 9.24. The second kappa shape index (κ2) is 5.69. The lowest BCUT2D eigenvalue weighted by atomic mass is 10.4. The standard InChI is InChI=1S/C9H10N2O4/c1-2-14-7(12)6-8(13)15-9-10-4-3-5-11-9/h3-5H,2,6H2,1H3. The van der Waals surface area contributed by atoms with Crippen LogP contribution < -0.4 is 4.74 Å². The number of hydrogen-bond acceptors (Lipinski definition) is 6. The summed E-state index contributed by atoms with van der Waals surface area (Å²) in [5.41, 5.74) is 0. The molecule has 1 heterocycles. The van der Waals surface area contributed by atoms with Crippen LogP contribution in [0.25, 0.3) is 0 Å². The van der Waals surface area contributed by atoms with Gasteiger partial charge in [-0.3, -0.25) is 9.59 Å². The zero-order chi connectivity index (χ0) is 11.1. The van der Waals surface area contributed by atoms with Crippen molar-refractivity contribution in [1.82, 2.24) is 9.97 Å². The highest BCUT2D eigenvalue weighted by Gasteiger charge is 2.13. The SMILES string of the molecule is CCOC(=O)CC(=O)Oc1ncccn1. The zero-order valence-electron chi connectivity index (χ0n) is 8.17. The predicted octanol–water partition coefficient (Wildman–Crippen LogP) is 0.335. The van der Waals surface area contributed by atoms with E-state index >= 15 is 0 Å². The highest BCUT2D eigenvalue weighted by atomic mass is 16.6. The molecule has 0 unspecified atom stereocenters. The molecule has 0 saturated heterocycles. The Kier molecular flexibility index (Phi) is 4.21.